The second-order valence-electron chi connectivity index (χ2n) is 4.13. The number of anilines is 1. The lowest BCUT2D eigenvalue weighted by Crippen LogP contribution is -1.98. The first-order valence-corrected chi connectivity index (χ1v) is 5.28. The van der Waals surface area contributed by atoms with Crippen LogP contribution in [0.15, 0.2) is 24.3 Å². The molecule has 0 radical (unpaired) electrons. The van der Waals surface area contributed by atoms with Gasteiger partial charge in [0.15, 0.2) is 0 Å². The minimum Gasteiger partial charge on any atom is -0.478 e. The van der Waals surface area contributed by atoms with Crippen LogP contribution in [-0.4, -0.2) is 16.1 Å². The summed E-state index contributed by atoms with van der Waals surface area (Å²) in [7, 11) is 0. The second kappa shape index (κ2) is 3.97. The highest BCUT2D eigenvalue weighted by Crippen LogP contribution is 2.27. The van der Waals surface area contributed by atoms with Crippen LogP contribution in [0.4, 0.5) is 5.82 Å². The number of H-pyrrole nitrogens is 1. The standard InChI is InChI=1S/C13H14N2O2/c1-7-3-4-8(2)9(5-7)11-6-10(13(16)17)12(14)15-11/h3-6,15H,14H2,1-2H3,(H,16,17). The molecule has 0 unspecified atom stereocenters. The fourth-order valence-corrected chi connectivity index (χ4v) is 1.82. The lowest BCUT2D eigenvalue weighted by Gasteiger charge is -2.04. The van der Waals surface area contributed by atoms with E-state index >= 15 is 0 Å². The first kappa shape index (κ1) is 11.3. The van der Waals surface area contributed by atoms with Crippen LogP contribution in [0, 0.1) is 13.8 Å². The molecular formula is C13H14N2O2. The number of nitrogens with two attached hydrogens (primary N) is 1. The fourth-order valence-electron chi connectivity index (χ4n) is 1.82. The van der Waals surface area contributed by atoms with Crippen molar-refractivity contribution in [2.24, 2.45) is 0 Å². The van der Waals surface area contributed by atoms with Gasteiger partial charge >= 0.3 is 5.97 Å². The van der Waals surface area contributed by atoms with E-state index in [-0.39, 0.29) is 11.4 Å². The van der Waals surface area contributed by atoms with Gasteiger partial charge in [-0.05, 0) is 31.5 Å². The summed E-state index contributed by atoms with van der Waals surface area (Å²) in [5.74, 6) is -0.830. The molecule has 0 aliphatic heterocycles. The maximum Gasteiger partial charge on any atom is 0.339 e. The van der Waals surface area contributed by atoms with E-state index in [4.69, 9.17) is 10.8 Å². The third kappa shape index (κ3) is 2.01. The summed E-state index contributed by atoms with van der Waals surface area (Å²) in [5, 5.41) is 8.95. The average molecular weight is 230 g/mol. The number of benzene rings is 1. The minimum absolute atomic E-state index is 0.112. The van der Waals surface area contributed by atoms with E-state index in [0.717, 1.165) is 22.4 Å². The Morgan fingerprint density at radius 3 is 2.59 bits per heavy atom. The number of aromatic amines is 1. The van der Waals surface area contributed by atoms with Gasteiger partial charge in [-0.25, -0.2) is 4.79 Å². The van der Waals surface area contributed by atoms with E-state index in [0.29, 0.717) is 0 Å². The number of hydrogen-bond donors (Lipinski definition) is 3. The van der Waals surface area contributed by atoms with E-state index < -0.39 is 5.97 Å². The Balaban J connectivity index is 2.57. The van der Waals surface area contributed by atoms with Crippen molar-refractivity contribution in [3.05, 3.63) is 41.0 Å². The SMILES string of the molecule is Cc1ccc(C)c(-c2cc(C(=O)O)c(N)[nH]2)c1. The van der Waals surface area contributed by atoms with Crippen LogP contribution in [0.25, 0.3) is 11.3 Å². The second-order valence-corrected chi connectivity index (χ2v) is 4.13. The van der Waals surface area contributed by atoms with Gasteiger partial charge in [0, 0.05) is 11.3 Å². The van der Waals surface area contributed by atoms with Gasteiger partial charge in [0.25, 0.3) is 0 Å². The molecule has 4 N–H and O–H groups in total. The summed E-state index contributed by atoms with van der Waals surface area (Å²) < 4.78 is 0. The van der Waals surface area contributed by atoms with Crippen LogP contribution in [0.5, 0.6) is 0 Å². The van der Waals surface area contributed by atoms with Crippen molar-refractivity contribution in [2.45, 2.75) is 13.8 Å². The molecule has 0 saturated carbocycles. The van der Waals surface area contributed by atoms with Crippen LogP contribution in [0.3, 0.4) is 0 Å². The minimum atomic E-state index is -1.02. The number of hydrogen-bond acceptors (Lipinski definition) is 2. The number of aromatic nitrogens is 1. The summed E-state index contributed by atoms with van der Waals surface area (Å²) in [5.41, 5.74) is 9.66. The van der Waals surface area contributed by atoms with Crippen LogP contribution in [0.2, 0.25) is 0 Å². The Morgan fingerprint density at radius 2 is 2.00 bits per heavy atom. The van der Waals surface area contributed by atoms with Crippen LogP contribution < -0.4 is 5.73 Å². The highest BCUT2D eigenvalue weighted by Gasteiger charge is 2.14. The number of carbonyl (C=O) groups is 1. The van der Waals surface area contributed by atoms with Gasteiger partial charge in [0.05, 0.1) is 0 Å². The third-order valence-corrected chi connectivity index (χ3v) is 2.76. The third-order valence-electron chi connectivity index (χ3n) is 2.76. The quantitative estimate of drug-likeness (QED) is 0.741. The molecule has 0 bridgehead atoms. The maximum atomic E-state index is 10.9. The van der Waals surface area contributed by atoms with Crippen molar-refractivity contribution in [3.8, 4) is 11.3 Å². The van der Waals surface area contributed by atoms with Crippen LogP contribution >= 0.6 is 0 Å². The Hall–Kier alpha value is -2.23. The first-order valence-electron chi connectivity index (χ1n) is 5.28. The number of rotatable bonds is 2. The van der Waals surface area contributed by atoms with E-state index in [2.05, 4.69) is 4.98 Å². The molecule has 1 aromatic heterocycles. The summed E-state index contributed by atoms with van der Waals surface area (Å²) in [6, 6.07) is 7.59. The number of carboxylic acids is 1. The van der Waals surface area contributed by atoms with Gasteiger partial charge in [-0.1, -0.05) is 17.7 Å². The molecule has 4 nitrogen and oxygen atoms in total. The molecule has 17 heavy (non-hydrogen) atoms. The molecule has 2 rings (SSSR count). The zero-order valence-electron chi connectivity index (χ0n) is 9.74. The van der Waals surface area contributed by atoms with Crippen LogP contribution in [0.1, 0.15) is 21.5 Å². The number of nitrogens with one attached hydrogen (secondary N) is 1. The molecule has 1 aromatic carbocycles. The Kier molecular flexibility index (Phi) is 2.63. The van der Waals surface area contributed by atoms with E-state index in [1.165, 1.54) is 0 Å². The van der Waals surface area contributed by atoms with Crippen LogP contribution in [-0.2, 0) is 0 Å². The van der Waals surface area contributed by atoms with Gasteiger partial charge in [0.2, 0.25) is 0 Å². The summed E-state index contributed by atoms with van der Waals surface area (Å²) in [6.45, 7) is 3.97. The van der Waals surface area contributed by atoms with Gasteiger partial charge in [0.1, 0.15) is 11.4 Å². The molecule has 4 heteroatoms. The van der Waals surface area contributed by atoms with Crippen molar-refractivity contribution in [1.29, 1.82) is 0 Å². The molecule has 88 valence electrons. The summed E-state index contributed by atoms with van der Waals surface area (Å²) >= 11 is 0. The van der Waals surface area contributed by atoms with E-state index in [9.17, 15) is 4.79 Å². The molecule has 0 fully saturated rings. The summed E-state index contributed by atoms with van der Waals surface area (Å²) in [4.78, 5) is 13.8. The highest BCUT2D eigenvalue weighted by atomic mass is 16.4. The predicted molar refractivity (Wildman–Crippen MR) is 67.1 cm³/mol. The van der Waals surface area contributed by atoms with Gasteiger partial charge < -0.3 is 15.8 Å². The predicted octanol–water partition coefficient (Wildman–Crippen LogP) is 2.58. The molecule has 0 spiro atoms. The monoisotopic (exact) mass is 230 g/mol. The molecule has 0 atom stereocenters. The largest absolute Gasteiger partial charge is 0.478 e. The number of carboxylic acid groups (broad SMARTS) is 1. The molecule has 0 aliphatic carbocycles. The number of aryl methyl sites for hydroxylation is 2. The first-order chi connectivity index (χ1) is 7.99. The van der Waals surface area contributed by atoms with Crippen molar-refractivity contribution < 1.29 is 9.90 Å². The maximum absolute atomic E-state index is 10.9. The fraction of sp³-hybridized carbons (Fsp3) is 0.154. The lowest BCUT2D eigenvalue weighted by atomic mass is 10.0. The smallest absolute Gasteiger partial charge is 0.339 e. The lowest BCUT2D eigenvalue weighted by molar-refractivity contribution is 0.0698. The molecule has 1 heterocycles. The molecule has 0 saturated heterocycles. The molecule has 2 aromatic rings. The zero-order chi connectivity index (χ0) is 12.6. The number of aromatic carboxylic acids is 1. The Bertz CT molecular complexity index is 585. The number of nitrogen functional groups attached to an aromatic ring is 1. The Morgan fingerprint density at radius 1 is 1.29 bits per heavy atom. The topological polar surface area (TPSA) is 79.1 Å². The molecule has 0 aliphatic rings. The highest BCUT2D eigenvalue weighted by molar-refractivity contribution is 5.95. The zero-order valence-corrected chi connectivity index (χ0v) is 9.74. The van der Waals surface area contributed by atoms with Crippen molar-refractivity contribution in [3.63, 3.8) is 0 Å². The normalized spacial score (nSPS) is 10.5. The molecular weight excluding hydrogens is 216 g/mol. The van der Waals surface area contributed by atoms with Gasteiger partial charge in [-0.3, -0.25) is 0 Å². The van der Waals surface area contributed by atoms with E-state index in [1.54, 1.807) is 6.07 Å². The van der Waals surface area contributed by atoms with Crippen molar-refractivity contribution >= 4 is 11.8 Å². The molecule has 0 amide bonds. The summed E-state index contributed by atoms with van der Waals surface area (Å²) in [6.07, 6.45) is 0. The van der Waals surface area contributed by atoms with Gasteiger partial charge in [-0.15, -0.1) is 0 Å². The van der Waals surface area contributed by atoms with Gasteiger partial charge in [-0.2, -0.15) is 0 Å². The van der Waals surface area contributed by atoms with Crippen molar-refractivity contribution in [2.75, 3.05) is 5.73 Å². The Labute approximate surface area is 99.1 Å². The average Bonchev–Trinajstić information content (AvgIpc) is 2.64. The van der Waals surface area contributed by atoms with Crippen molar-refractivity contribution in [1.82, 2.24) is 4.98 Å². The van der Waals surface area contributed by atoms with E-state index in [1.807, 2.05) is 32.0 Å².